The second-order valence-corrected chi connectivity index (χ2v) is 6.03. The molecule has 0 spiro atoms. The lowest BCUT2D eigenvalue weighted by Crippen LogP contribution is -2.27. The first kappa shape index (κ1) is 11.9. The zero-order valence-electron chi connectivity index (χ0n) is 10.1. The lowest BCUT2D eigenvalue weighted by molar-refractivity contribution is 0.275. The summed E-state index contributed by atoms with van der Waals surface area (Å²) >= 11 is 6.30. The van der Waals surface area contributed by atoms with Crippen LogP contribution in [-0.2, 0) is 6.42 Å². The molecule has 2 heteroatoms. The van der Waals surface area contributed by atoms with E-state index in [0.29, 0.717) is 11.3 Å². The summed E-state index contributed by atoms with van der Waals surface area (Å²) in [4.78, 5) is 0. The van der Waals surface area contributed by atoms with Gasteiger partial charge < -0.3 is 5.73 Å². The van der Waals surface area contributed by atoms with E-state index in [4.69, 9.17) is 17.3 Å². The molecule has 0 amide bonds. The topological polar surface area (TPSA) is 26.0 Å². The Hall–Kier alpha value is -0.530. The van der Waals surface area contributed by atoms with Gasteiger partial charge in [-0.05, 0) is 54.3 Å². The van der Waals surface area contributed by atoms with E-state index in [0.717, 1.165) is 24.4 Å². The van der Waals surface area contributed by atoms with E-state index in [9.17, 15) is 0 Å². The van der Waals surface area contributed by atoms with Crippen LogP contribution in [0.15, 0.2) is 18.2 Å². The summed E-state index contributed by atoms with van der Waals surface area (Å²) in [5.74, 6) is 0.586. The highest BCUT2D eigenvalue weighted by Gasteiger charge is 2.32. The van der Waals surface area contributed by atoms with E-state index in [-0.39, 0.29) is 0 Å². The van der Waals surface area contributed by atoms with Crippen LogP contribution < -0.4 is 5.73 Å². The summed E-state index contributed by atoms with van der Waals surface area (Å²) in [5, 5.41) is 0.923. The Balaban J connectivity index is 2.42. The maximum atomic E-state index is 6.30. The minimum Gasteiger partial charge on any atom is -0.330 e. The summed E-state index contributed by atoms with van der Waals surface area (Å²) < 4.78 is 0. The Morgan fingerprint density at radius 2 is 2.19 bits per heavy atom. The van der Waals surface area contributed by atoms with Gasteiger partial charge in [0.15, 0.2) is 0 Å². The van der Waals surface area contributed by atoms with E-state index in [1.54, 1.807) is 0 Å². The Kier molecular flexibility index (Phi) is 3.27. The molecule has 0 bridgehead atoms. The molecular formula is C14H20ClN. The molecule has 1 aliphatic carbocycles. The summed E-state index contributed by atoms with van der Waals surface area (Å²) in [5.41, 5.74) is 8.83. The van der Waals surface area contributed by atoms with Gasteiger partial charge in [-0.15, -0.1) is 0 Å². The van der Waals surface area contributed by atoms with Crippen LogP contribution in [0.5, 0.6) is 0 Å². The second-order valence-electron chi connectivity index (χ2n) is 5.63. The van der Waals surface area contributed by atoms with E-state index >= 15 is 0 Å². The summed E-state index contributed by atoms with van der Waals surface area (Å²) in [7, 11) is 0. The minimum absolute atomic E-state index is 0.345. The summed E-state index contributed by atoms with van der Waals surface area (Å²) in [6, 6.07) is 6.28. The molecule has 0 aromatic heterocycles. The standard InChI is InChI=1S/C14H20ClN/c1-14(2)8-10(6-7-16)11-4-3-5-13(15)12(11)9-14/h3-5,10H,6-9,16H2,1-2H3. The minimum atomic E-state index is 0.345. The SMILES string of the molecule is CC1(C)Cc2c(Cl)cccc2C(CCN)C1. The Bertz CT molecular complexity index is 384. The van der Waals surface area contributed by atoms with E-state index in [1.807, 2.05) is 6.07 Å². The number of halogens is 1. The molecule has 0 aliphatic heterocycles. The van der Waals surface area contributed by atoms with Crippen molar-refractivity contribution in [2.24, 2.45) is 11.1 Å². The number of hydrogen-bond acceptors (Lipinski definition) is 1. The normalized spacial score (nSPS) is 22.9. The van der Waals surface area contributed by atoms with Gasteiger partial charge in [0.25, 0.3) is 0 Å². The lowest BCUT2D eigenvalue weighted by atomic mass is 9.68. The molecule has 2 rings (SSSR count). The fraction of sp³-hybridized carbons (Fsp3) is 0.571. The van der Waals surface area contributed by atoms with Gasteiger partial charge in [-0.25, -0.2) is 0 Å². The quantitative estimate of drug-likeness (QED) is 0.833. The van der Waals surface area contributed by atoms with Crippen molar-refractivity contribution in [2.75, 3.05) is 6.54 Å². The van der Waals surface area contributed by atoms with Gasteiger partial charge in [0.05, 0.1) is 0 Å². The van der Waals surface area contributed by atoms with Gasteiger partial charge in [-0.2, -0.15) is 0 Å². The fourth-order valence-electron chi connectivity index (χ4n) is 2.93. The van der Waals surface area contributed by atoms with Crippen LogP contribution in [0.2, 0.25) is 5.02 Å². The number of benzene rings is 1. The maximum absolute atomic E-state index is 6.30. The van der Waals surface area contributed by atoms with E-state index in [2.05, 4.69) is 26.0 Å². The Morgan fingerprint density at radius 3 is 2.88 bits per heavy atom. The lowest BCUT2D eigenvalue weighted by Gasteiger charge is -2.37. The fourth-order valence-corrected chi connectivity index (χ4v) is 3.18. The molecule has 0 heterocycles. The van der Waals surface area contributed by atoms with Crippen LogP contribution in [0.1, 0.15) is 43.7 Å². The van der Waals surface area contributed by atoms with Crippen LogP contribution >= 0.6 is 11.6 Å². The third-order valence-corrected chi connectivity index (χ3v) is 3.92. The van der Waals surface area contributed by atoms with Crippen LogP contribution in [0.4, 0.5) is 0 Å². The van der Waals surface area contributed by atoms with Crippen molar-refractivity contribution in [1.29, 1.82) is 0 Å². The molecule has 1 atom stereocenters. The highest BCUT2D eigenvalue weighted by Crippen LogP contribution is 2.45. The largest absolute Gasteiger partial charge is 0.330 e. The van der Waals surface area contributed by atoms with Crippen LogP contribution in [0.3, 0.4) is 0 Å². The second kappa shape index (κ2) is 4.38. The molecule has 16 heavy (non-hydrogen) atoms. The highest BCUT2D eigenvalue weighted by atomic mass is 35.5. The van der Waals surface area contributed by atoms with E-state index < -0.39 is 0 Å². The predicted octanol–water partition coefficient (Wildman–Crippen LogP) is 3.74. The van der Waals surface area contributed by atoms with Gasteiger partial charge in [-0.3, -0.25) is 0 Å². The molecule has 1 aromatic carbocycles. The van der Waals surface area contributed by atoms with E-state index in [1.165, 1.54) is 17.5 Å². The number of fused-ring (bicyclic) bond motifs is 1. The van der Waals surface area contributed by atoms with Gasteiger partial charge in [0.2, 0.25) is 0 Å². The molecule has 0 saturated heterocycles. The van der Waals surface area contributed by atoms with Crippen molar-refractivity contribution in [3.8, 4) is 0 Å². The molecule has 0 saturated carbocycles. The average molecular weight is 238 g/mol. The molecule has 88 valence electrons. The van der Waals surface area contributed by atoms with Crippen molar-refractivity contribution < 1.29 is 0 Å². The molecular weight excluding hydrogens is 218 g/mol. The van der Waals surface area contributed by atoms with Gasteiger partial charge in [0.1, 0.15) is 0 Å². The first-order chi connectivity index (χ1) is 7.53. The number of hydrogen-bond donors (Lipinski definition) is 1. The van der Waals surface area contributed by atoms with Crippen molar-refractivity contribution in [1.82, 2.24) is 0 Å². The zero-order chi connectivity index (χ0) is 11.8. The third-order valence-electron chi connectivity index (χ3n) is 3.56. The Morgan fingerprint density at radius 1 is 1.44 bits per heavy atom. The summed E-state index contributed by atoms with van der Waals surface area (Å²) in [6.07, 6.45) is 3.37. The van der Waals surface area contributed by atoms with Crippen molar-refractivity contribution in [3.05, 3.63) is 34.3 Å². The molecule has 0 fully saturated rings. The predicted molar refractivity (Wildman–Crippen MR) is 70.0 cm³/mol. The highest BCUT2D eigenvalue weighted by molar-refractivity contribution is 6.31. The zero-order valence-corrected chi connectivity index (χ0v) is 10.8. The number of nitrogens with two attached hydrogens (primary N) is 1. The smallest absolute Gasteiger partial charge is 0.0441 e. The first-order valence-corrected chi connectivity index (χ1v) is 6.39. The molecule has 1 unspecified atom stereocenters. The molecule has 1 nitrogen and oxygen atoms in total. The van der Waals surface area contributed by atoms with Crippen LogP contribution in [0.25, 0.3) is 0 Å². The first-order valence-electron chi connectivity index (χ1n) is 6.01. The summed E-state index contributed by atoms with van der Waals surface area (Å²) in [6.45, 7) is 5.40. The molecule has 0 radical (unpaired) electrons. The molecule has 2 N–H and O–H groups in total. The van der Waals surface area contributed by atoms with Crippen LogP contribution in [-0.4, -0.2) is 6.54 Å². The van der Waals surface area contributed by atoms with Gasteiger partial charge in [0, 0.05) is 5.02 Å². The van der Waals surface area contributed by atoms with Crippen molar-refractivity contribution in [2.45, 2.75) is 39.0 Å². The van der Waals surface area contributed by atoms with Crippen molar-refractivity contribution in [3.63, 3.8) is 0 Å². The Labute approximate surface area is 103 Å². The molecule has 1 aromatic rings. The maximum Gasteiger partial charge on any atom is 0.0441 e. The van der Waals surface area contributed by atoms with Gasteiger partial charge in [-0.1, -0.05) is 37.6 Å². The van der Waals surface area contributed by atoms with Gasteiger partial charge >= 0.3 is 0 Å². The third kappa shape index (κ3) is 2.26. The number of rotatable bonds is 2. The van der Waals surface area contributed by atoms with Crippen LogP contribution in [0, 0.1) is 5.41 Å². The molecule has 1 aliphatic rings. The van der Waals surface area contributed by atoms with Crippen molar-refractivity contribution >= 4 is 11.6 Å². The monoisotopic (exact) mass is 237 g/mol. The average Bonchev–Trinajstić information content (AvgIpc) is 2.19.